The fourth-order valence-electron chi connectivity index (χ4n) is 8.78. The monoisotopic (exact) mass is 906 g/mol. The second-order valence-corrected chi connectivity index (χ2v) is 22.8. The van der Waals surface area contributed by atoms with Crippen LogP contribution in [-0.2, 0) is 9.47 Å². The average Bonchev–Trinajstić information content (AvgIpc) is 3.97. The molecule has 0 saturated carbocycles. The number of hydrogen-bond donors (Lipinski definition) is 0. The molecule has 2 aliphatic carbocycles. The molecular weight excluding hydrogens is 846 g/mol. The van der Waals surface area contributed by atoms with Gasteiger partial charge in [0, 0.05) is 25.7 Å². The van der Waals surface area contributed by atoms with Crippen molar-refractivity contribution in [3.05, 3.63) is 227 Å². The summed E-state index contributed by atoms with van der Waals surface area (Å²) in [5.74, 6) is 2.41. The molecule has 6 aromatic carbocycles. The maximum Gasteiger partial charge on any atom is 0.143 e. The van der Waals surface area contributed by atoms with Crippen molar-refractivity contribution in [2.45, 2.75) is 66.2 Å². The molecule has 2 aliphatic rings. The van der Waals surface area contributed by atoms with E-state index in [1.165, 1.54) is 65.1 Å². The number of ether oxygens (including phenoxy) is 2. The van der Waals surface area contributed by atoms with Gasteiger partial charge in [-0.05, 0) is 125 Å². The van der Waals surface area contributed by atoms with Crippen molar-refractivity contribution in [1.29, 1.82) is 0 Å². The topological polar surface area (TPSA) is 18.5 Å². The van der Waals surface area contributed by atoms with Gasteiger partial charge in [0.25, 0.3) is 0 Å². The molecule has 0 radical (unpaired) electrons. The summed E-state index contributed by atoms with van der Waals surface area (Å²) >= 11 is 0. The van der Waals surface area contributed by atoms with Crippen LogP contribution >= 0.6 is 31.5 Å². The van der Waals surface area contributed by atoms with E-state index < -0.39 is 14.5 Å². The highest BCUT2D eigenvalue weighted by Gasteiger charge is 2.53. The maximum atomic E-state index is 6.43. The minimum absolute atomic E-state index is 0. The summed E-state index contributed by atoms with van der Waals surface area (Å²) < 4.78 is 12.9. The first-order valence-electron chi connectivity index (χ1n) is 21.5. The van der Waals surface area contributed by atoms with Crippen LogP contribution in [0.2, 0.25) is 0 Å². The Morgan fingerprint density at radius 1 is 0.377 bits per heavy atom. The Balaban J connectivity index is 0.000000201. The lowest BCUT2D eigenvalue weighted by Crippen LogP contribution is -2.32. The summed E-state index contributed by atoms with van der Waals surface area (Å²) in [7, 11) is -3.97. The predicted molar refractivity (Wildman–Crippen MR) is 273 cm³/mol. The van der Waals surface area contributed by atoms with Crippen molar-refractivity contribution in [3.63, 3.8) is 0 Å². The molecule has 0 spiro atoms. The minimum Gasteiger partial charge on any atom is -0.490 e. The number of rotatable bonds is 14. The van der Waals surface area contributed by atoms with Crippen molar-refractivity contribution in [3.8, 4) is 0 Å². The number of allylic oxidation sites excluding steroid dienone is 6. The Morgan fingerprint density at radius 2 is 0.607 bits per heavy atom. The van der Waals surface area contributed by atoms with Crippen LogP contribution in [0.4, 0.5) is 0 Å². The summed E-state index contributed by atoms with van der Waals surface area (Å²) in [6, 6.07) is 66.5. The first-order chi connectivity index (χ1) is 29.5. The van der Waals surface area contributed by atoms with E-state index >= 15 is 0 Å². The van der Waals surface area contributed by atoms with Gasteiger partial charge in [0.15, 0.2) is 0 Å². The molecule has 0 amide bonds. The molecule has 0 fully saturated rings. The highest BCUT2D eigenvalue weighted by Crippen LogP contribution is 2.67. The second-order valence-electron chi connectivity index (χ2n) is 16.0. The summed E-state index contributed by atoms with van der Waals surface area (Å²) in [6.45, 7) is 9.81. The van der Waals surface area contributed by atoms with Crippen LogP contribution < -0.4 is 31.8 Å². The fourth-order valence-corrected chi connectivity index (χ4v) is 18.2. The minimum atomic E-state index is -1.99. The van der Waals surface area contributed by atoms with E-state index in [1.54, 1.807) is 0 Å². The van der Waals surface area contributed by atoms with Gasteiger partial charge in [-0.1, -0.05) is 120 Å². The molecule has 0 saturated heterocycles. The van der Waals surface area contributed by atoms with E-state index in [9.17, 15) is 0 Å². The van der Waals surface area contributed by atoms with Crippen LogP contribution in [-0.4, -0.2) is 13.2 Å². The van der Waals surface area contributed by atoms with E-state index in [2.05, 4.69) is 222 Å². The zero-order valence-electron chi connectivity index (χ0n) is 36.3. The van der Waals surface area contributed by atoms with Crippen LogP contribution in [0.3, 0.4) is 0 Å². The first kappa shape index (κ1) is 45.7. The smallest absolute Gasteiger partial charge is 0.143 e. The lowest BCUT2D eigenvalue weighted by molar-refractivity contribution is 0.239. The van der Waals surface area contributed by atoms with E-state index in [0.29, 0.717) is 13.2 Å². The summed E-state index contributed by atoms with van der Waals surface area (Å²) in [6.07, 6.45) is 10.9. The lowest BCUT2D eigenvalue weighted by atomic mass is 10.3. The maximum absolute atomic E-state index is 6.43. The number of hydrogen-bond acceptors (Lipinski definition) is 2. The molecule has 0 unspecified atom stereocenters. The number of benzene rings is 6. The van der Waals surface area contributed by atoms with Gasteiger partial charge in [-0.25, -0.2) is 0 Å². The van der Waals surface area contributed by atoms with Crippen molar-refractivity contribution in [2.24, 2.45) is 0 Å². The highest BCUT2D eigenvalue weighted by molar-refractivity contribution is 8.93. The average molecular weight is 908 g/mol. The van der Waals surface area contributed by atoms with Crippen molar-refractivity contribution in [2.75, 3.05) is 13.2 Å². The van der Waals surface area contributed by atoms with Gasteiger partial charge in [-0.2, -0.15) is 0 Å². The molecule has 2 nitrogen and oxygen atoms in total. The van der Waals surface area contributed by atoms with E-state index in [1.807, 2.05) is 0 Å². The normalized spacial score (nSPS) is 13.7. The molecule has 0 aromatic heterocycles. The largest absolute Gasteiger partial charge is 0.490 e. The van der Waals surface area contributed by atoms with Crippen molar-refractivity contribution < 1.29 is 9.47 Å². The van der Waals surface area contributed by atoms with Crippen LogP contribution in [0.25, 0.3) is 0 Å². The molecule has 0 heterocycles. The molecule has 61 heavy (non-hydrogen) atoms. The zero-order chi connectivity index (χ0) is 41.6. The summed E-state index contributed by atoms with van der Waals surface area (Å²) in [4.78, 5) is 0. The van der Waals surface area contributed by atoms with Gasteiger partial charge in [-0.15, -0.1) is 17.0 Å². The van der Waals surface area contributed by atoms with Gasteiger partial charge >= 0.3 is 0 Å². The van der Waals surface area contributed by atoms with Crippen LogP contribution in [0.1, 0.15) is 66.2 Å². The molecule has 0 atom stereocenters. The van der Waals surface area contributed by atoms with Gasteiger partial charge in [0.2, 0.25) is 0 Å². The second kappa shape index (κ2) is 22.4. The van der Waals surface area contributed by atoms with Crippen LogP contribution in [0.5, 0.6) is 0 Å². The quantitative estimate of drug-likeness (QED) is 0.0801. The number of halogens is 1. The van der Waals surface area contributed by atoms with Gasteiger partial charge in [0.05, 0.1) is 0 Å². The first-order valence-corrected chi connectivity index (χ1v) is 25.1. The predicted octanol–water partition coefficient (Wildman–Crippen LogP) is 13.3. The highest BCUT2D eigenvalue weighted by atomic mass is 79.9. The zero-order valence-corrected chi connectivity index (χ0v) is 39.8. The molecule has 0 bridgehead atoms. The van der Waals surface area contributed by atoms with Gasteiger partial charge in [0.1, 0.15) is 81.7 Å². The molecule has 6 aromatic rings. The molecule has 8 rings (SSSR count). The summed E-state index contributed by atoms with van der Waals surface area (Å²) in [5, 5.41) is 11.4. The van der Waals surface area contributed by atoms with Gasteiger partial charge < -0.3 is 9.47 Å². The van der Waals surface area contributed by atoms with Gasteiger partial charge in [-0.3, -0.25) is 0 Å². The fraction of sp³-hybridized carbons (Fsp3) is 0.214. The Hall–Kier alpha value is -4.78. The van der Waals surface area contributed by atoms with Crippen LogP contribution in [0.15, 0.2) is 227 Å². The molecule has 5 heteroatoms. The Bertz CT molecular complexity index is 2020. The Labute approximate surface area is 377 Å². The SMILES string of the molecule is Br.CC(C)=CCOC1=C([P+](c2ccccc2)(c2ccccc2)c2ccccc2)CCC1.CC(C)=CCOC1=C([P+](c2ccccc2)(c2ccccc2)c2ccccc2)CCC1. The standard InChI is InChI=1S/2C28H30OP.BrH/c2*1-23(2)21-22-29-27-19-12-20-28(27)30(24-13-6-3-7-14-24,25-15-8-4-9-16-25)26-17-10-5-11-18-26;/h2*3-11,13-18,21H,12,19-20,22H2,1-2H3;1H/q2*+1;. The van der Waals surface area contributed by atoms with E-state index in [-0.39, 0.29) is 17.0 Å². The molecule has 0 N–H and O–H groups in total. The van der Waals surface area contributed by atoms with Crippen molar-refractivity contribution in [1.82, 2.24) is 0 Å². The summed E-state index contributed by atoms with van der Waals surface area (Å²) in [5.41, 5.74) is 2.59. The Kier molecular flexibility index (Phi) is 16.8. The third-order valence-electron chi connectivity index (χ3n) is 11.4. The van der Waals surface area contributed by atoms with E-state index in [4.69, 9.17) is 9.47 Å². The third kappa shape index (κ3) is 10.3. The molecular formula is C56H61BrO2P2+2. The van der Waals surface area contributed by atoms with Crippen molar-refractivity contribution >= 4 is 63.3 Å². The van der Waals surface area contributed by atoms with E-state index in [0.717, 1.165) is 38.5 Å². The van der Waals surface area contributed by atoms with Crippen LogP contribution in [0, 0.1) is 0 Å². The lowest BCUT2D eigenvalue weighted by Gasteiger charge is -2.29. The third-order valence-corrected chi connectivity index (χ3v) is 20.4. The molecule has 0 aliphatic heterocycles. The Morgan fingerprint density at radius 3 is 0.820 bits per heavy atom. The molecule has 312 valence electrons.